The first-order valence-corrected chi connectivity index (χ1v) is 8.62. The molecular formula is C20H17ClN4O2. The van der Waals surface area contributed by atoms with Crippen LogP contribution in [-0.4, -0.2) is 21.8 Å². The Morgan fingerprint density at radius 1 is 1.00 bits per heavy atom. The lowest BCUT2D eigenvalue weighted by atomic mass is 10.1. The summed E-state index contributed by atoms with van der Waals surface area (Å²) in [5.41, 5.74) is 2.41. The van der Waals surface area contributed by atoms with E-state index in [-0.39, 0.29) is 24.0 Å². The van der Waals surface area contributed by atoms with E-state index in [2.05, 4.69) is 20.6 Å². The maximum atomic E-state index is 12.5. The molecule has 3 aromatic rings. The largest absolute Gasteiger partial charge is 0.347 e. The minimum atomic E-state index is -0.442. The Labute approximate surface area is 161 Å². The second kappa shape index (κ2) is 8.42. The third-order valence-corrected chi connectivity index (χ3v) is 4.04. The van der Waals surface area contributed by atoms with Crippen LogP contribution in [0.2, 0.25) is 5.02 Å². The fourth-order valence-electron chi connectivity index (χ4n) is 2.39. The highest BCUT2D eigenvalue weighted by Gasteiger charge is 2.17. The number of hydrogen-bond donors (Lipinski definition) is 2. The van der Waals surface area contributed by atoms with Gasteiger partial charge in [-0.1, -0.05) is 41.4 Å². The van der Waals surface area contributed by atoms with Crippen molar-refractivity contribution in [3.63, 3.8) is 0 Å². The summed E-state index contributed by atoms with van der Waals surface area (Å²) in [5.74, 6) is -0.701. The Bertz CT molecular complexity index is 974. The number of aryl methyl sites for hydroxylation is 1. The predicted octanol–water partition coefficient (Wildman–Crippen LogP) is 3.62. The van der Waals surface area contributed by atoms with Crippen molar-refractivity contribution in [1.82, 2.24) is 15.3 Å². The van der Waals surface area contributed by atoms with Crippen molar-refractivity contribution in [1.29, 1.82) is 0 Å². The third-order valence-electron chi connectivity index (χ3n) is 3.80. The van der Waals surface area contributed by atoms with Crippen LogP contribution in [0.5, 0.6) is 0 Å². The van der Waals surface area contributed by atoms with Gasteiger partial charge in [0.2, 0.25) is 0 Å². The molecule has 136 valence electrons. The van der Waals surface area contributed by atoms with Crippen molar-refractivity contribution in [2.75, 3.05) is 5.32 Å². The van der Waals surface area contributed by atoms with Gasteiger partial charge in [0.25, 0.3) is 11.8 Å². The molecule has 2 N–H and O–H groups in total. The summed E-state index contributed by atoms with van der Waals surface area (Å²) in [6, 6.07) is 14.3. The zero-order valence-corrected chi connectivity index (χ0v) is 15.3. The number of anilines is 1. The lowest BCUT2D eigenvalue weighted by Gasteiger charge is -2.10. The summed E-state index contributed by atoms with van der Waals surface area (Å²) in [6.07, 6.45) is 2.81. The summed E-state index contributed by atoms with van der Waals surface area (Å²) in [5, 5.41) is 5.98. The summed E-state index contributed by atoms with van der Waals surface area (Å²) < 4.78 is 0. The first-order valence-electron chi connectivity index (χ1n) is 8.24. The Morgan fingerprint density at radius 2 is 1.74 bits per heavy atom. The van der Waals surface area contributed by atoms with Crippen LogP contribution < -0.4 is 10.6 Å². The number of hydrogen-bond acceptors (Lipinski definition) is 4. The lowest BCUT2D eigenvalue weighted by Crippen LogP contribution is -2.26. The minimum Gasteiger partial charge on any atom is -0.347 e. The second-order valence-electron chi connectivity index (χ2n) is 5.89. The molecule has 0 aliphatic rings. The van der Waals surface area contributed by atoms with Crippen LogP contribution in [0.1, 0.15) is 32.0 Å². The number of benzene rings is 2. The molecule has 1 aromatic heterocycles. The van der Waals surface area contributed by atoms with Gasteiger partial charge in [-0.05, 0) is 36.8 Å². The number of carbonyl (C=O) groups excluding carboxylic acids is 2. The fraction of sp³-hybridized carbons (Fsp3) is 0.100. The molecule has 0 aliphatic heterocycles. The van der Waals surface area contributed by atoms with Crippen LogP contribution in [-0.2, 0) is 6.54 Å². The second-order valence-corrected chi connectivity index (χ2v) is 6.32. The highest BCUT2D eigenvalue weighted by atomic mass is 35.5. The number of nitrogens with zero attached hydrogens (tertiary/aromatic N) is 2. The van der Waals surface area contributed by atoms with E-state index in [9.17, 15) is 9.59 Å². The molecular weight excluding hydrogens is 364 g/mol. The summed E-state index contributed by atoms with van der Waals surface area (Å²) in [7, 11) is 0. The molecule has 0 radical (unpaired) electrons. The molecule has 0 unspecified atom stereocenters. The first-order chi connectivity index (χ1) is 13.0. The normalized spacial score (nSPS) is 10.3. The monoisotopic (exact) mass is 380 g/mol. The van der Waals surface area contributed by atoms with Gasteiger partial charge in [0.15, 0.2) is 11.5 Å². The Balaban J connectivity index is 1.72. The topological polar surface area (TPSA) is 84.0 Å². The lowest BCUT2D eigenvalue weighted by molar-refractivity contribution is 0.0946. The molecule has 27 heavy (non-hydrogen) atoms. The average molecular weight is 381 g/mol. The van der Waals surface area contributed by atoms with Crippen LogP contribution in [0, 0.1) is 6.92 Å². The van der Waals surface area contributed by atoms with Gasteiger partial charge >= 0.3 is 0 Å². The molecule has 2 aromatic carbocycles. The quantitative estimate of drug-likeness (QED) is 0.708. The van der Waals surface area contributed by atoms with Crippen molar-refractivity contribution in [2.24, 2.45) is 0 Å². The van der Waals surface area contributed by atoms with Crippen LogP contribution in [0.4, 0.5) is 5.82 Å². The van der Waals surface area contributed by atoms with Gasteiger partial charge in [-0.25, -0.2) is 9.97 Å². The zero-order chi connectivity index (χ0) is 19.2. The maximum absolute atomic E-state index is 12.5. The highest BCUT2D eigenvalue weighted by Crippen LogP contribution is 2.13. The first kappa shape index (κ1) is 18.5. The number of amides is 2. The molecule has 0 bridgehead atoms. The van der Waals surface area contributed by atoms with E-state index in [1.807, 2.05) is 25.1 Å². The van der Waals surface area contributed by atoms with E-state index in [0.717, 1.165) is 11.1 Å². The van der Waals surface area contributed by atoms with Gasteiger partial charge in [0, 0.05) is 29.5 Å². The molecule has 3 rings (SSSR count). The van der Waals surface area contributed by atoms with E-state index in [1.54, 1.807) is 30.3 Å². The molecule has 0 fully saturated rings. The van der Waals surface area contributed by atoms with Crippen molar-refractivity contribution >= 4 is 29.2 Å². The Hall–Kier alpha value is -3.25. The Kier molecular flexibility index (Phi) is 5.78. The average Bonchev–Trinajstić information content (AvgIpc) is 2.67. The summed E-state index contributed by atoms with van der Waals surface area (Å²) in [4.78, 5) is 33.0. The SMILES string of the molecule is Cc1ccc(C(=O)Nc2nccnc2C(=O)NCc2cccc(Cl)c2)cc1. The summed E-state index contributed by atoms with van der Waals surface area (Å²) in [6.45, 7) is 2.22. The van der Waals surface area contributed by atoms with Gasteiger partial charge in [0.1, 0.15) is 0 Å². The number of carbonyl (C=O) groups is 2. The standard InChI is InChI=1S/C20H17ClN4O2/c1-13-5-7-15(8-6-13)19(26)25-18-17(22-9-10-23-18)20(27)24-12-14-3-2-4-16(21)11-14/h2-11H,12H2,1H3,(H,24,27)(H,23,25,26). The van der Waals surface area contributed by atoms with E-state index < -0.39 is 5.91 Å². The van der Waals surface area contributed by atoms with E-state index >= 15 is 0 Å². The number of rotatable bonds is 5. The van der Waals surface area contributed by atoms with Crippen molar-refractivity contribution < 1.29 is 9.59 Å². The maximum Gasteiger partial charge on any atom is 0.274 e. The highest BCUT2D eigenvalue weighted by molar-refractivity contribution is 6.30. The molecule has 0 spiro atoms. The smallest absolute Gasteiger partial charge is 0.274 e. The van der Waals surface area contributed by atoms with E-state index in [0.29, 0.717) is 10.6 Å². The van der Waals surface area contributed by atoms with Crippen molar-refractivity contribution in [3.05, 3.63) is 88.3 Å². The molecule has 0 atom stereocenters. The van der Waals surface area contributed by atoms with Gasteiger partial charge in [0.05, 0.1) is 0 Å². The van der Waals surface area contributed by atoms with Crippen LogP contribution in [0.3, 0.4) is 0 Å². The van der Waals surface area contributed by atoms with Gasteiger partial charge in [-0.3, -0.25) is 9.59 Å². The fourth-order valence-corrected chi connectivity index (χ4v) is 2.61. The molecule has 0 saturated carbocycles. The van der Waals surface area contributed by atoms with Crippen molar-refractivity contribution in [2.45, 2.75) is 13.5 Å². The molecule has 6 nitrogen and oxygen atoms in total. The number of aromatic nitrogens is 2. The molecule has 2 amide bonds. The van der Waals surface area contributed by atoms with Gasteiger partial charge in [-0.15, -0.1) is 0 Å². The summed E-state index contributed by atoms with van der Waals surface area (Å²) >= 11 is 5.95. The van der Waals surface area contributed by atoms with E-state index in [1.165, 1.54) is 12.4 Å². The number of halogens is 1. The Morgan fingerprint density at radius 3 is 2.48 bits per heavy atom. The third kappa shape index (κ3) is 4.89. The molecule has 1 heterocycles. The molecule has 0 saturated heterocycles. The van der Waals surface area contributed by atoms with Gasteiger partial charge < -0.3 is 10.6 Å². The van der Waals surface area contributed by atoms with Crippen LogP contribution in [0.25, 0.3) is 0 Å². The van der Waals surface area contributed by atoms with Gasteiger partial charge in [-0.2, -0.15) is 0 Å². The zero-order valence-electron chi connectivity index (χ0n) is 14.6. The minimum absolute atomic E-state index is 0.0417. The van der Waals surface area contributed by atoms with E-state index in [4.69, 9.17) is 11.6 Å². The molecule has 0 aliphatic carbocycles. The van der Waals surface area contributed by atoms with Crippen LogP contribution in [0.15, 0.2) is 60.9 Å². The number of nitrogens with one attached hydrogen (secondary N) is 2. The van der Waals surface area contributed by atoms with Crippen LogP contribution >= 0.6 is 11.6 Å². The molecule has 7 heteroatoms. The van der Waals surface area contributed by atoms with Crippen molar-refractivity contribution in [3.8, 4) is 0 Å². The predicted molar refractivity (Wildman–Crippen MR) is 104 cm³/mol.